The first-order valence-electron chi connectivity index (χ1n) is 10.0. The molecule has 0 N–H and O–H groups in total. The zero-order valence-electron chi connectivity index (χ0n) is 16.0. The Hall–Kier alpha value is -1.93. The molecule has 0 saturated carbocycles. The molecule has 1 amide bonds. The van der Waals surface area contributed by atoms with E-state index in [0.29, 0.717) is 23.8 Å². The lowest BCUT2D eigenvalue weighted by molar-refractivity contribution is -0.145. The third-order valence-electron chi connectivity index (χ3n) is 5.94. The van der Waals surface area contributed by atoms with Crippen molar-refractivity contribution in [2.24, 2.45) is 0 Å². The van der Waals surface area contributed by atoms with E-state index in [2.05, 4.69) is 24.7 Å². The van der Waals surface area contributed by atoms with E-state index >= 15 is 0 Å². The number of carbonyl (C=O) groups is 1. The molecule has 0 spiro atoms. The first-order valence-corrected chi connectivity index (χ1v) is 10.0. The topological polar surface area (TPSA) is 71.0 Å². The van der Waals surface area contributed by atoms with Gasteiger partial charge in [-0.1, -0.05) is 0 Å². The fourth-order valence-corrected chi connectivity index (χ4v) is 4.41. The lowest BCUT2D eigenvalue weighted by Crippen LogP contribution is -2.60. The Labute approximate surface area is 160 Å². The van der Waals surface area contributed by atoms with E-state index < -0.39 is 0 Å². The maximum absolute atomic E-state index is 13.1. The van der Waals surface area contributed by atoms with Gasteiger partial charge in [-0.15, -0.1) is 0 Å². The van der Waals surface area contributed by atoms with Gasteiger partial charge in [0.1, 0.15) is 0 Å². The van der Waals surface area contributed by atoms with E-state index in [4.69, 9.17) is 9.47 Å². The molecule has 3 aliphatic heterocycles. The van der Waals surface area contributed by atoms with Crippen LogP contribution in [0.4, 0.5) is 5.95 Å². The summed E-state index contributed by atoms with van der Waals surface area (Å²) in [6.07, 6.45) is 5.73. The number of piperidine rings is 1. The SMILES string of the molecule is COc1ccnc(N2CCN(C3CCCN(C4CCOCC4)C3=O)CC2)n1. The van der Waals surface area contributed by atoms with Crippen LogP contribution < -0.4 is 9.64 Å². The van der Waals surface area contributed by atoms with Crippen LogP contribution >= 0.6 is 0 Å². The van der Waals surface area contributed by atoms with E-state index in [0.717, 1.165) is 71.6 Å². The number of likely N-dealkylation sites (tertiary alicyclic amines) is 1. The Balaban J connectivity index is 1.36. The summed E-state index contributed by atoms with van der Waals surface area (Å²) in [5.41, 5.74) is 0. The Morgan fingerprint density at radius 3 is 2.63 bits per heavy atom. The predicted octanol–water partition coefficient (Wildman–Crippen LogP) is 0.777. The van der Waals surface area contributed by atoms with Gasteiger partial charge in [-0.2, -0.15) is 4.98 Å². The molecule has 4 heterocycles. The van der Waals surface area contributed by atoms with Gasteiger partial charge >= 0.3 is 0 Å². The quantitative estimate of drug-likeness (QED) is 0.770. The molecule has 3 aliphatic rings. The Morgan fingerprint density at radius 2 is 1.89 bits per heavy atom. The van der Waals surface area contributed by atoms with E-state index in [1.54, 1.807) is 19.4 Å². The first kappa shape index (κ1) is 18.4. The lowest BCUT2D eigenvalue weighted by Gasteiger charge is -2.45. The predicted molar refractivity (Wildman–Crippen MR) is 101 cm³/mol. The summed E-state index contributed by atoms with van der Waals surface area (Å²) < 4.78 is 10.7. The van der Waals surface area contributed by atoms with E-state index in [1.807, 2.05) is 0 Å². The third kappa shape index (κ3) is 4.01. The molecule has 8 heteroatoms. The van der Waals surface area contributed by atoms with Crippen LogP contribution in [0, 0.1) is 0 Å². The van der Waals surface area contributed by atoms with Crippen molar-refractivity contribution < 1.29 is 14.3 Å². The van der Waals surface area contributed by atoms with Gasteiger partial charge in [-0.05, 0) is 25.7 Å². The minimum absolute atomic E-state index is 0.0231. The number of nitrogens with zero attached hydrogens (tertiary/aromatic N) is 5. The van der Waals surface area contributed by atoms with Gasteiger partial charge in [0.25, 0.3) is 0 Å². The maximum atomic E-state index is 13.1. The molecule has 0 aromatic carbocycles. The van der Waals surface area contributed by atoms with Crippen LogP contribution in [0.2, 0.25) is 0 Å². The largest absolute Gasteiger partial charge is 0.481 e. The molecule has 3 saturated heterocycles. The molecule has 4 rings (SSSR count). The zero-order valence-corrected chi connectivity index (χ0v) is 16.0. The van der Waals surface area contributed by atoms with Gasteiger partial charge in [0.15, 0.2) is 0 Å². The first-order chi connectivity index (χ1) is 13.3. The fourth-order valence-electron chi connectivity index (χ4n) is 4.41. The molecule has 1 atom stereocenters. The molecule has 0 radical (unpaired) electrons. The number of amides is 1. The standard InChI is InChI=1S/C19H29N5O3/c1-26-17-4-7-20-19(21-17)23-11-9-22(10-12-23)16-3-2-8-24(18(16)25)15-5-13-27-14-6-15/h4,7,15-16H,2-3,5-6,8-14H2,1H3. The van der Waals surface area contributed by atoms with E-state index in [9.17, 15) is 4.79 Å². The summed E-state index contributed by atoms with van der Waals surface area (Å²) in [4.78, 5) is 28.6. The van der Waals surface area contributed by atoms with Crippen LogP contribution in [0.5, 0.6) is 5.88 Å². The van der Waals surface area contributed by atoms with Gasteiger partial charge in [0.05, 0.1) is 13.2 Å². The highest BCUT2D eigenvalue weighted by Crippen LogP contribution is 2.25. The molecule has 0 aliphatic carbocycles. The summed E-state index contributed by atoms with van der Waals surface area (Å²) in [7, 11) is 1.61. The van der Waals surface area contributed by atoms with Gasteiger partial charge in [0.2, 0.25) is 17.7 Å². The number of ether oxygens (including phenoxy) is 2. The Bertz CT molecular complexity index is 644. The number of hydrogen-bond acceptors (Lipinski definition) is 7. The van der Waals surface area contributed by atoms with Crippen molar-refractivity contribution >= 4 is 11.9 Å². The van der Waals surface area contributed by atoms with Crippen molar-refractivity contribution in [3.8, 4) is 5.88 Å². The number of methoxy groups -OCH3 is 1. The molecular weight excluding hydrogens is 346 g/mol. The zero-order chi connectivity index (χ0) is 18.6. The normalized spacial score (nSPS) is 25.7. The van der Waals surface area contributed by atoms with Crippen molar-refractivity contribution in [1.82, 2.24) is 19.8 Å². The molecule has 148 valence electrons. The molecular formula is C19H29N5O3. The van der Waals surface area contributed by atoms with Crippen molar-refractivity contribution in [1.29, 1.82) is 0 Å². The number of carbonyl (C=O) groups excluding carboxylic acids is 1. The van der Waals surface area contributed by atoms with Gasteiger partial charge in [-0.25, -0.2) is 4.98 Å². The van der Waals surface area contributed by atoms with Crippen molar-refractivity contribution in [2.45, 2.75) is 37.8 Å². The van der Waals surface area contributed by atoms with Gasteiger partial charge in [0, 0.05) is 64.2 Å². The molecule has 1 unspecified atom stereocenters. The van der Waals surface area contributed by atoms with Crippen LogP contribution in [0.25, 0.3) is 0 Å². The second-order valence-corrected chi connectivity index (χ2v) is 7.46. The van der Waals surface area contributed by atoms with Crippen molar-refractivity contribution in [2.75, 3.05) is 57.9 Å². The van der Waals surface area contributed by atoms with Crippen molar-refractivity contribution in [3.05, 3.63) is 12.3 Å². The summed E-state index contributed by atoms with van der Waals surface area (Å²) >= 11 is 0. The Kier molecular flexibility index (Phi) is 5.73. The second kappa shape index (κ2) is 8.39. The monoisotopic (exact) mass is 375 g/mol. The number of aromatic nitrogens is 2. The van der Waals surface area contributed by atoms with Crippen LogP contribution in [-0.2, 0) is 9.53 Å². The molecule has 0 bridgehead atoms. The van der Waals surface area contributed by atoms with Crippen LogP contribution in [0.1, 0.15) is 25.7 Å². The summed E-state index contributed by atoms with van der Waals surface area (Å²) in [5, 5.41) is 0. The number of anilines is 1. The smallest absolute Gasteiger partial charge is 0.240 e. The van der Waals surface area contributed by atoms with Crippen molar-refractivity contribution in [3.63, 3.8) is 0 Å². The minimum Gasteiger partial charge on any atom is -0.481 e. The van der Waals surface area contributed by atoms with Crippen LogP contribution in [0.15, 0.2) is 12.3 Å². The minimum atomic E-state index is 0.0231. The number of piperazine rings is 1. The molecule has 27 heavy (non-hydrogen) atoms. The highest BCUT2D eigenvalue weighted by molar-refractivity contribution is 5.83. The van der Waals surface area contributed by atoms with Gasteiger partial charge < -0.3 is 19.3 Å². The second-order valence-electron chi connectivity index (χ2n) is 7.46. The van der Waals surface area contributed by atoms with Gasteiger partial charge in [-0.3, -0.25) is 9.69 Å². The summed E-state index contributed by atoms with van der Waals surface area (Å²) in [6, 6.07) is 2.14. The maximum Gasteiger partial charge on any atom is 0.240 e. The number of rotatable bonds is 4. The molecule has 3 fully saturated rings. The van der Waals surface area contributed by atoms with Crippen LogP contribution in [-0.4, -0.2) is 90.8 Å². The fraction of sp³-hybridized carbons (Fsp3) is 0.737. The highest BCUT2D eigenvalue weighted by atomic mass is 16.5. The third-order valence-corrected chi connectivity index (χ3v) is 5.94. The molecule has 1 aromatic rings. The van der Waals surface area contributed by atoms with E-state index in [-0.39, 0.29) is 6.04 Å². The molecule has 8 nitrogen and oxygen atoms in total. The average molecular weight is 375 g/mol. The van der Waals surface area contributed by atoms with E-state index in [1.165, 1.54) is 0 Å². The highest BCUT2D eigenvalue weighted by Gasteiger charge is 2.38. The average Bonchev–Trinajstić information content (AvgIpc) is 2.75. The lowest BCUT2D eigenvalue weighted by atomic mass is 9.97. The summed E-state index contributed by atoms with van der Waals surface area (Å²) in [5.74, 6) is 1.60. The van der Waals surface area contributed by atoms with Crippen LogP contribution in [0.3, 0.4) is 0 Å². The number of hydrogen-bond donors (Lipinski definition) is 0. The molecule has 1 aromatic heterocycles. The summed E-state index contributed by atoms with van der Waals surface area (Å²) in [6.45, 7) is 5.83. The Morgan fingerprint density at radius 1 is 1.11 bits per heavy atom.